The zero-order chi connectivity index (χ0) is 20.3. The number of aryl methyl sites for hydroxylation is 1. The summed E-state index contributed by atoms with van der Waals surface area (Å²) >= 11 is 1.37. The van der Waals surface area contributed by atoms with Crippen molar-refractivity contribution in [3.63, 3.8) is 0 Å². The number of anilines is 1. The lowest BCUT2D eigenvalue weighted by Crippen LogP contribution is -2.28. The Morgan fingerprint density at radius 1 is 1.14 bits per heavy atom. The van der Waals surface area contributed by atoms with Crippen LogP contribution in [0.3, 0.4) is 0 Å². The number of benzene rings is 2. The Balaban J connectivity index is 1.58. The molecule has 3 aromatic rings. The maximum atomic E-state index is 12.3. The van der Waals surface area contributed by atoms with Gasteiger partial charge in [0.25, 0.3) is 0 Å². The number of ketones is 1. The number of rotatable bonds is 7. The predicted molar refractivity (Wildman–Crippen MR) is 109 cm³/mol. The largest absolute Gasteiger partial charge is 0.302 e. The molecule has 0 saturated carbocycles. The van der Waals surface area contributed by atoms with Gasteiger partial charge in [0, 0.05) is 18.5 Å². The Kier molecular flexibility index (Phi) is 5.87. The Hall–Kier alpha value is -2.62. The van der Waals surface area contributed by atoms with E-state index < -0.39 is 10.0 Å². The second-order valence-electron chi connectivity index (χ2n) is 6.27. The van der Waals surface area contributed by atoms with Gasteiger partial charge in [-0.05, 0) is 43.7 Å². The van der Waals surface area contributed by atoms with Crippen molar-refractivity contribution < 1.29 is 18.0 Å². The Morgan fingerprint density at radius 2 is 1.93 bits per heavy atom. The van der Waals surface area contributed by atoms with E-state index in [1.807, 2.05) is 25.1 Å². The number of fused-ring (bicyclic) bond motifs is 1. The lowest BCUT2D eigenvalue weighted by molar-refractivity contribution is -0.116. The van der Waals surface area contributed by atoms with Gasteiger partial charge in [-0.1, -0.05) is 29.5 Å². The van der Waals surface area contributed by atoms with Crippen molar-refractivity contribution >= 4 is 48.4 Å². The van der Waals surface area contributed by atoms with E-state index in [-0.39, 0.29) is 29.6 Å². The topological polar surface area (TPSA) is 105 Å². The third-order valence-corrected chi connectivity index (χ3v) is 6.38. The van der Waals surface area contributed by atoms with Crippen LogP contribution in [0.25, 0.3) is 10.2 Å². The van der Waals surface area contributed by atoms with E-state index in [2.05, 4.69) is 15.0 Å². The second-order valence-corrected chi connectivity index (χ2v) is 9.07. The van der Waals surface area contributed by atoms with Crippen molar-refractivity contribution in [2.24, 2.45) is 0 Å². The van der Waals surface area contributed by atoms with Gasteiger partial charge in [0.15, 0.2) is 10.9 Å². The summed E-state index contributed by atoms with van der Waals surface area (Å²) in [4.78, 5) is 27.8. The molecule has 0 aliphatic heterocycles. The molecule has 2 aromatic carbocycles. The first kappa shape index (κ1) is 20.1. The van der Waals surface area contributed by atoms with Crippen molar-refractivity contribution in [2.75, 3.05) is 11.9 Å². The third kappa shape index (κ3) is 4.80. The van der Waals surface area contributed by atoms with Crippen molar-refractivity contribution in [3.05, 3.63) is 53.6 Å². The molecule has 0 radical (unpaired) electrons. The fraction of sp³-hybridized carbons (Fsp3) is 0.211. The average Bonchev–Trinajstić information content (AvgIpc) is 3.02. The number of hydrogen-bond acceptors (Lipinski definition) is 6. The van der Waals surface area contributed by atoms with Gasteiger partial charge in [0.2, 0.25) is 15.9 Å². The highest BCUT2D eigenvalue weighted by molar-refractivity contribution is 7.89. The number of Topliss-reactive ketones (excluding diaryl/α,β-unsaturated/α-hetero) is 1. The molecule has 0 unspecified atom stereocenters. The van der Waals surface area contributed by atoms with Crippen LogP contribution in [-0.2, 0) is 14.8 Å². The van der Waals surface area contributed by atoms with Crippen LogP contribution in [0.15, 0.2) is 47.4 Å². The molecule has 2 N–H and O–H groups in total. The molecule has 1 amide bonds. The van der Waals surface area contributed by atoms with Gasteiger partial charge in [-0.15, -0.1) is 0 Å². The number of amides is 1. The molecular formula is C19H19N3O4S2. The molecule has 0 bridgehead atoms. The number of aromatic nitrogens is 1. The molecule has 9 heteroatoms. The molecule has 28 heavy (non-hydrogen) atoms. The van der Waals surface area contributed by atoms with E-state index in [1.165, 1.54) is 36.5 Å². The van der Waals surface area contributed by atoms with E-state index in [0.717, 1.165) is 15.8 Å². The zero-order valence-electron chi connectivity index (χ0n) is 15.4. The summed E-state index contributed by atoms with van der Waals surface area (Å²) in [6, 6.07) is 11.6. The first-order valence-electron chi connectivity index (χ1n) is 8.52. The standard InChI is InChI=1S/C19H19N3O4S2/c1-12-6-7-16-17(10-12)27-19(21-16)22-18(24)8-9-20-28(25,26)15-5-3-4-14(11-15)13(2)23/h3-7,10-11,20H,8-9H2,1-2H3,(H,21,22,24). The number of carbonyl (C=O) groups excluding carboxylic acids is 2. The molecule has 1 aromatic heterocycles. The molecule has 0 aliphatic rings. The Morgan fingerprint density at radius 3 is 2.68 bits per heavy atom. The minimum atomic E-state index is -3.81. The van der Waals surface area contributed by atoms with Crippen LogP contribution >= 0.6 is 11.3 Å². The number of sulfonamides is 1. The van der Waals surface area contributed by atoms with E-state index >= 15 is 0 Å². The van der Waals surface area contributed by atoms with Crippen molar-refractivity contribution in [1.82, 2.24) is 9.71 Å². The summed E-state index contributed by atoms with van der Waals surface area (Å²) in [7, 11) is -3.81. The minimum Gasteiger partial charge on any atom is -0.302 e. The van der Waals surface area contributed by atoms with E-state index in [0.29, 0.717) is 10.7 Å². The van der Waals surface area contributed by atoms with Gasteiger partial charge < -0.3 is 5.32 Å². The summed E-state index contributed by atoms with van der Waals surface area (Å²) in [5.74, 6) is -0.557. The lowest BCUT2D eigenvalue weighted by atomic mass is 10.2. The van der Waals surface area contributed by atoms with Crippen molar-refractivity contribution in [1.29, 1.82) is 0 Å². The van der Waals surface area contributed by atoms with Gasteiger partial charge in [-0.25, -0.2) is 18.1 Å². The molecule has 1 heterocycles. The average molecular weight is 418 g/mol. The summed E-state index contributed by atoms with van der Waals surface area (Å²) in [6.45, 7) is 3.28. The number of carbonyl (C=O) groups is 2. The minimum absolute atomic E-state index is 0.0119. The van der Waals surface area contributed by atoms with Crippen LogP contribution < -0.4 is 10.0 Å². The first-order chi connectivity index (χ1) is 13.2. The molecule has 3 rings (SSSR count). The van der Waals surface area contributed by atoms with E-state index in [4.69, 9.17) is 0 Å². The maximum absolute atomic E-state index is 12.3. The van der Waals surface area contributed by atoms with Crippen LogP contribution in [0.4, 0.5) is 5.13 Å². The molecular weight excluding hydrogens is 398 g/mol. The summed E-state index contributed by atoms with van der Waals surface area (Å²) < 4.78 is 28.0. The second kappa shape index (κ2) is 8.17. The maximum Gasteiger partial charge on any atom is 0.240 e. The van der Waals surface area contributed by atoms with Crippen LogP contribution in [0, 0.1) is 6.92 Å². The quantitative estimate of drug-likeness (QED) is 0.575. The van der Waals surface area contributed by atoms with E-state index in [9.17, 15) is 18.0 Å². The number of nitrogens with one attached hydrogen (secondary N) is 2. The highest BCUT2D eigenvalue weighted by Crippen LogP contribution is 2.26. The molecule has 146 valence electrons. The molecule has 0 aliphatic carbocycles. The fourth-order valence-corrected chi connectivity index (χ4v) is 4.59. The van der Waals surface area contributed by atoms with Gasteiger partial charge in [-0.2, -0.15) is 0 Å². The van der Waals surface area contributed by atoms with Crippen LogP contribution in [0.1, 0.15) is 29.3 Å². The number of nitrogens with zero attached hydrogens (tertiary/aromatic N) is 1. The van der Waals surface area contributed by atoms with Gasteiger partial charge >= 0.3 is 0 Å². The highest BCUT2D eigenvalue weighted by Gasteiger charge is 2.16. The van der Waals surface area contributed by atoms with Gasteiger partial charge in [-0.3, -0.25) is 9.59 Å². The molecule has 0 spiro atoms. The van der Waals surface area contributed by atoms with Crippen molar-refractivity contribution in [2.45, 2.75) is 25.2 Å². The van der Waals surface area contributed by atoms with Gasteiger partial charge in [0.05, 0.1) is 15.1 Å². The SMILES string of the molecule is CC(=O)c1cccc(S(=O)(=O)NCCC(=O)Nc2nc3ccc(C)cc3s2)c1. The smallest absolute Gasteiger partial charge is 0.240 e. The summed E-state index contributed by atoms with van der Waals surface area (Å²) in [5, 5.41) is 3.16. The van der Waals surface area contributed by atoms with Crippen LogP contribution in [0.5, 0.6) is 0 Å². The Bertz CT molecular complexity index is 1150. The number of hydrogen-bond donors (Lipinski definition) is 2. The highest BCUT2D eigenvalue weighted by atomic mass is 32.2. The fourth-order valence-electron chi connectivity index (χ4n) is 2.53. The van der Waals surface area contributed by atoms with Crippen LogP contribution in [-0.4, -0.2) is 31.6 Å². The summed E-state index contributed by atoms with van der Waals surface area (Å²) in [6.07, 6.45) is -0.0411. The lowest BCUT2D eigenvalue weighted by Gasteiger charge is -2.07. The number of thiazole rings is 1. The summed E-state index contributed by atoms with van der Waals surface area (Å²) in [5.41, 5.74) is 2.22. The molecule has 0 fully saturated rings. The molecule has 7 nitrogen and oxygen atoms in total. The normalized spacial score (nSPS) is 11.5. The Labute approximate surface area is 166 Å². The van der Waals surface area contributed by atoms with Gasteiger partial charge in [0.1, 0.15) is 0 Å². The van der Waals surface area contributed by atoms with Crippen molar-refractivity contribution in [3.8, 4) is 0 Å². The predicted octanol–water partition coefficient (Wildman–Crippen LogP) is 3.11. The first-order valence-corrected chi connectivity index (χ1v) is 10.8. The van der Waals surface area contributed by atoms with E-state index in [1.54, 1.807) is 6.07 Å². The monoisotopic (exact) mass is 417 g/mol. The molecule has 0 atom stereocenters. The molecule has 0 saturated heterocycles. The third-order valence-electron chi connectivity index (χ3n) is 3.99. The van der Waals surface area contributed by atoms with Crippen LogP contribution in [0.2, 0.25) is 0 Å². The zero-order valence-corrected chi connectivity index (χ0v) is 17.0.